The molecule has 0 unspecified atom stereocenters. The Kier molecular flexibility index (Phi) is 5.88. The number of carboxylic acid groups (broad SMARTS) is 1. The van der Waals surface area contributed by atoms with Crippen LogP contribution in [0.1, 0.15) is 21.5 Å². The topological polar surface area (TPSA) is 95.0 Å². The van der Waals surface area contributed by atoms with Crippen molar-refractivity contribution < 1.29 is 27.5 Å². The lowest BCUT2D eigenvalue weighted by Gasteiger charge is -2.33. The first kappa shape index (κ1) is 20.8. The van der Waals surface area contributed by atoms with Crippen LogP contribution in [-0.2, 0) is 16.4 Å². The predicted molar refractivity (Wildman–Crippen MR) is 106 cm³/mol. The fourth-order valence-corrected chi connectivity index (χ4v) is 4.42. The molecule has 9 heteroatoms. The minimum Gasteiger partial charge on any atom is -0.478 e. The molecule has 0 radical (unpaired) electrons. The molecule has 154 valence electrons. The first-order chi connectivity index (χ1) is 13.7. The van der Waals surface area contributed by atoms with Gasteiger partial charge in [0.25, 0.3) is 0 Å². The molecule has 0 bridgehead atoms. The van der Waals surface area contributed by atoms with Gasteiger partial charge in [0.2, 0.25) is 0 Å². The highest BCUT2D eigenvalue weighted by atomic mass is 32.2. The summed E-state index contributed by atoms with van der Waals surface area (Å²) in [6.45, 7) is 1.42. The van der Waals surface area contributed by atoms with E-state index < -0.39 is 27.7 Å². The van der Waals surface area contributed by atoms with Gasteiger partial charge in [-0.25, -0.2) is 22.4 Å². The van der Waals surface area contributed by atoms with E-state index in [2.05, 4.69) is 0 Å². The Hall–Kier alpha value is -2.94. The number of urea groups is 1. The number of carbonyl (C=O) groups is 2. The van der Waals surface area contributed by atoms with Crippen LogP contribution in [0.25, 0.3) is 0 Å². The van der Waals surface area contributed by atoms with Crippen LogP contribution in [-0.4, -0.2) is 55.0 Å². The largest absolute Gasteiger partial charge is 0.478 e. The van der Waals surface area contributed by atoms with Crippen molar-refractivity contribution >= 4 is 27.5 Å². The second-order valence-corrected chi connectivity index (χ2v) is 9.16. The number of hydrogen-bond acceptors (Lipinski definition) is 4. The zero-order valence-corrected chi connectivity index (χ0v) is 16.7. The van der Waals surface area contributed by atoms with E-state index >= 15 is 0 Å². The number of aromatic carboxylic acids is 1. The molecule has 2 aromatic rings. The molecule has 1 fully saturated rings. The summed E-state index contributed by atoms with van der Waals surface area (Å²) in [6, 6.07) is 10.9. The number of carbonyl (C=O) groups excluding carboxylic acids is 1. The SMILES string of the molecule is Cc1c(C(=O)O)ccc(CN(C(=O)N2CCS(=O)(=O)CC2)c2ccccc2)c1F. The molecule has 0 saturated carbocycles. The summed E-state index contributed by atoms with van der Waals surface area (Å²) in [5, 5.41) is 9.15. The van der Waals surface area contributed by atoms with Crippen molar-refractivity contribution in [2.75, 3.05) is 29.5 Å². The molecule has 0 aliphatic carbocycles. The van der Waals surface area contributed by atoms with Crippen molar-refractivity contribution in [2.45, 2.75) is 13.5 Å². The van der Waals surface area contributed by atoms with E-state index in [1.807, 2.05) is 0 Å². The predicted octanol–water partition coefficient (Wildman–Crippen LogP) is 2.69. The minimum absolute atomic E-state index is 0.000438. The van der Waals surface area contributed by atoms with Crippen LogP contribution in [0.4, 0.5) is 14.9 Å². The molecule has 3 rings (SSSR count). The number of rotatable bonds is 4. The van der Waals surface area contributed by atoms with Crippen LogP contribution in [0.3, 0.4) is 0 Å². The second-order valence-electron chi connectivity index (χ2n) is 6.86. The van der Waals surface area contributed by atoms with Crippen LogP contribution in [0.5, 0.6) is 0 Å². The minimum atomic E-state index is -3.15. The van der Waals surface area contributed by atoms with Crippen LogP contribution in [0, 0.1) is 12.7 Å². The summed E-state index contributed by atoms with van der Waals surface area (Å²) >= 11 is 0. The summed E-state index contributed by atoms with van der Waals surface area (Å²) in [6.07, 6.45) is 0. The van der Waals surface area contributed by atoms with Gasteiger partial charge in [0.05, 0.1) is 23.6 Å². The molecule has 2 amide bonds. The fourth-order valence-electron chi connectivity index (χ4n) is 3.22. The normalized spacial score (nSPS) is 15.7. The number of halogens is 1. The third-order valence-corrected chi connectivity index (χ3v) is 6.55. The third-order valence-electron chi connectivity index (χ3n) is 4.94. The lowest BCUT2D eigenvalue weighted by Crippen LogP contribution is -2.49. The van der Waals surface area contributed by atoms with Crippen LogP contribution in [0.15, 0.2) is 42.5 Å². The van der Waals surface area contributed by atoms with E-state index in [-0.39, 0.29) is 47.8 Å². The number of hydrogen-bond donors (Lipinski definition) is 1. The molecule has 7 nitrogen and oxygen atoms in total. The van der Waals surface area contributed by atoms with Crippen molar-refractivity contribution in [3.05, 3.63) is 65.0 Å². The summed E-state index contributed by atoms with van der Waals surface area (Å²) in [5.74, 6) is -2.12. The Labute approximate surface area is 168 Å². The Balaban J connectivity index is 1.93. The number of anilines is 1. The quantitative estimate of drug-likeness (QED) is 0.821. The van der Waals surface area contributed by atoms with Gasteiger partial charge >= 0.3 is 12.0 Å². The van der Waals surface area contributed by atoms with Gasteiger partial charge in [-0.15, -0.1) is 0 Å². The maximum atomic E-state index is 14.8. The maximum absolute atomic E-state index is 14.8. The van der Waals surface area contributed by atoms with Gasteiger partial charge in [0.15, 0.2) is 9.84 Å². The monoisotopic (exact) mass is 420 g/mol. The number of carboxylic acids is 1. The molecule has 29 heavy (non-hydrogen) atoms. The standard InChI is InChI=1S/C20H21FN2O5S/c1-14-17(19(24)25)8-7-15(18(14)21)13-23(16-5-3-2-4-6-16)20(26)22-9-11-29(27,28)12-10-22/h2-8H,9-13H2,1H3,(H,24,25). The van der Waals surface area contributed by atoms with E-state index in [0.717, 1.165) is 0 Å². The Morgan fingerprint density at radius 2 is 1.72 bits per heavy atom. The van der Waals surface area contributed by atoms with Gasteiger partial charge in [-0.1, -0.05) is 24.3 Å². The molecular formula is C20H21FN2O5S. The highest BCUT2D eigenvalue weighted by Gasteiger charge is 2.29. The first-order valence-corrected chi connectivity index (χ1v) is 10.8. The maximum Gasteiger partial charge on any atom is 0.336 e. The molecule has 1 aliphatic rings. The Morgan fingerprint density at radius 1 is 1.10 bits per heavy atom. The first-order valence-electron chi connectivity index (χ1n) is 9.03. The summed E-state index contributed by atoms with van der Waals surface area (Å²) in [4.78, 5) is 27.1. The smallest absolute Gasteiger partial charge is 0.336 e. The van der Waals surface area contributed by atoms with E-state index in [1.165, 1.54) is 28.9 Å². The highest BCUT2D eigenvalue weighted by Crippen LogP contribution is 2.24. The Bertz CT molecular complexity index is 1030. The molecule has 1 heterocycles. The van der Waals surface area contributed by atoms with Gasteiger partial charge in [0.1, 0.15) is 5.82 Å². The summed E-state index contributed by atoms with van der Waals surface area (Å²) in [5.41, 5.74) is 0.573. The molecule has 0 spiro atoms. The van der Waals surface area contributed by atoms with Crippen LogP contribution in [0.2, 0.25) is 0 Å². The number of sulfone groups is 1. The van der Waals surface area contributed by atoms with Gasteiger partial charge in [-0.2, -0.15) is 0 Å². The van der Waals surface area contributed by atoms with Gasteiger partial charge in [-0.05, 0) is 30.7 Å². The number of amides is 2. The average Bonchev–Trinajstić information content (AvgIpc) is 2.69. The second kappa shape index (κ2) is 8.20. The zero-order valence-electron chi connectivity index (χ0n) is 15.8. The van der Waals surface area contributed by atoms with E-state index in [4.69, 9.17) is 5.11 Å². The van der Waals surface area contributed by atoms with Gasteiger partial charge < -0.3 is 10.0 Å². The van der Waals surface area contributed by atoms with Crippen molar-refractivity contribution in [1.82, 2.24) is 4.90 Å². The van der Waals surface area contributed by atoms with E-state index in [1.54, 1.807) is 30.3 Å². The van der Waals surface area contributed by atoms with Crippen molar-refractivity contribution in [1.29, 1.82) is 0 Å². The zero-order chi connectivity index (χ0) is 21.2. The number of para-hydroxylation sites is 1. The Morgan fingerprint density at radius 3 is 2.31 bits per heavy atom. The number of benzene rings is 2. The average molecular weight is 420 g/mol. The number of nitrogens with zero attached hydrogens (tertiary/aromatic N) is 2. The summed E-state index contributed by atoms with van der Waals surface area (Å²) < 4.78 is 38.2. The van der Waals surface area contributed by atoms with Crippen molar-refractivity contribution in [2.24, 2.45) is 0 Å². The molecule has 2 aromatic carbocycles. The lowest BCUT2D eigenvalue weighted by atomic mass is 10.0. The molecular weight excluding hydrogens is 399 g/mol. The summed E-state index contributed by atoms with van der Waals surface area (Å²) in [7, 11) is -3.15. The molecule has 0 atom stereocenters. The van der Waals surface area contributed by atoms with Crippen molar-refractivity contribution in [3.8, 4) is 0 Å². The third kappa shape index (κ3) is 4.56. The van der Waals surface area contributed by atoms with E-state index in [0.29, 0.717) is 5.69 Å². The van der Waals surface area contributed by atoms with Crippen LogP contribution >= 0.6 is 0 Å². The van der Waals surface area contributed by atoms with E-state index in [9.17, 15) is 22.4 Å². The van der Waals surface area contributed by atoms with Gasteiger partial charge in [0, 0.05) is 24.3 Å². The highest BCUT2D eigenvalue weighted by molar-refractivity contribution is 7.91. The fraction of sp³-hybridized carbons (Fsp3) is 0.300. The molecule has 1 aliphatic heterocycles. The lowest BCUT2D eigenvalue weighted by molar-refractivity contribution is 0.0695. The molecule has 0 aromatic heterocycles. The molecule has 1 saturated heterocycles. The van der Waals surface area contributed by atoms with Crippen molar-refractivity contribution in [3.63, 3.8) is 0 Å². The molecule has 1 N–H and O–H groups in total. The van der Waals surface area contributed by atoms with Gasteiger partial charge in [-0.3, -0.25) is 4.90 Å². The van der Waals surface area contributed by atoms with Crippen LogP contribution < -0.4 is 4.90 Å².